The molecule has 0 fully saturated rings. The molecule has 2 amide bonds. The van der Waals surface area contributed by atoms with Crippen LogP contribution in [0.5, 0.6) is 0 Å². The summed E-state index contributed by atoms with van der Waals surface area (Å²) in [5, 5.41) is 7.34. The first kappa shape index (κ1) is 19.1. The number of carbonyl (C=O) groups excluding carboxylic acids is 2. The van der Waals surface area contributed by atoms with Gasteiger partial charge in [0.1, 0.15) is 6.04 Å². The average molecular weight is 360 g/mol. The van der Waals surface area contributed by atoms with Crippen molar-refractivity contribution in [3.63, 3.8) is 0 Å². The monoisotopic (exact) mass is 360 g/mol. The van der Waals surface area contributed by atoms with Gasteiger partial charge >= 0.3 is 0 Å². The van der Waals surface area contributed by atoms with E-state index in [0.717, 1.165) is 5.56 Å². The summed E-state index contributed by atoms with van der Waals surface area (Å²) in [7, 11) is 0. The van der Waals surface area contributed by atoms with Crippen LogP contribution in [0.4, 0.5) is 0 Å². The van der Waals surface area contributed by atoms with E-state index in [1.807, 2.05) is 42.6 Å². The number of nitrogens with one attached hydrogen (secondary N) is 2. The van der Waals surface area contributed by atoms with Crippen LogP contribution in [0.25, 0.3) is 0 Å². The lowest BCUT2D eigenvalue weighted by Crippen LogP contribution is -2.45. The lowest BCUT2D eigenvalue weighted by molar-refractivity contribution is -0.122. The van der Waals surface area contributed by atoms with E-state index < -0.39 is 6.04 Å². The van der Waals surface area contributed by atoms with Crippen molar-refractivity contribution < 1.29 is 14.3 Å². The molecule has 2 unspecified atom stereocenters. The molecule has 25 heavy (non-hydrogen) atoms. The van der Waals surface area contributed by atoms with Crippen LogP contribution in [0.15, 0.2) is 47.8 Å². The molecule has 1 aromatic carbocycles. The normalized spacial score (nSPS) is 13.0. The number of hydrogen-bond acceptors (Lipinski definition) is 4. The summed E-state index contributed by atoms with van der Waals surface area (Å²) in [4.78, 5) is 24.5. The highest BCUT2D eigenvalue weighted by molar-refractivity contribution is 7.12. The smallest absolute Gasteiger partial charge is 0.261 e. The van der Waals surface area contributed by atoms with E-state index in [4.69, 9.17) is 4.74 Å². The Morgan fingerprint density at radius 2 is 1.88 bits per heavy atom. The van der Waals surface area contributed by atoms with E-state index in [0.29, 0.717) is 24.4 Å². The lowest BCUT2D eigenvalue weighted by atomic mass is 10.1. The highest BCUT2D eigenvalue weighted by atomic mass is 32.1. The maximum absolute atomic E-state index is 12.0. The van der Waals surface area contributed by atoms with Gasteiger partial charge in [0.2, 0.25) is 5.91 Å². The number of rotatable bonds is 9. The van der Waals surface area contributed by atoms with Crippen LogP contribution in [0, 0.1) is 0 Å². The maximum atomic E-state index is 12.0. The fourth-order valence-corrected chi connectivity index (χ4v) is 2.89. The van der Waals surface area contributed by atoms with Crippen molar-refractivity contribution in [3.05, 3.63) is 58.3 Å². The molecule has 2 atom stereocenters. The Morgan fingerprint density at radius 3 is 2.56 bits per heavy atom. The van der Waals surface area contributed by atoms with Crippen molar-refractivity contribution in [1.82, 2.24) is 10.6 Å². The summed E-state index contributed by atoms with van der Waals surface area (Å²) >= 11 is 1.35. The van der Waals surface area contributed by atoms with Gasteiger partial charge in [-0.05, 0) is 37.3 Å². The lowest BCUT2D eigenvalue weighted by Gasteiger charge is -2.15. The van der Waals surface area contributed by atoms with Gasteiger partial charge in [-0.1, -0.05) is 36.4 Å². The van der Waals surface area contributed by atoms with E-state index in [1.165, 1.54) is 11.3 Å². The van der Waals surface area contributed by atoms with Crippen LogP contribution in [0.3, 0.4) is 0 Å². The Bertz CT molecular complexity index is 659. The van der Waals surface area contributed by atoms with Crippen molar-refractivity contribution in [2.75, 3.05) is 13.2 Å². The molecular formula is C19H24N2O3S. The fourth-order valence-electron chi connectivity index (χ4n) is 2.26. The molecule has 2 aromatic rings. The third-order valence-corrected chi connectivity index (χ3v) is 4.61. The van der Waals surface area contributed by atoms with Crippen LogP contribution in [0.1, 0.15) is 41.6 Å². The van der Waals surface area contributed by atoms with E-state index in [9.17, 15) is 9.59 Å². The van der Waals surface area contributed by atoms with Gasteiger partial charge in [0.15, 0.2) is 0 Å². The predicted molar refractivity (Wildman–Crippen MR) is 99.7 cm³/mol. The number of carbonyl (C=O) groups is 2. The van der Waals surface area contributed by atoms with Crippen LogP contribution >= 0.6 is 11.3 Å². The molecule has 2 N–H and O–H groups in total. The second kappa shape index (κ2) is 9.96. The van der Waals surface area contributed by atoms with Crippen LogP contribution < -0.4 is 10.6 Å². The van der Waals surface area contributed by atoms with E-state index in [1.54, 1.807) is 19.1 Å². The quantitative estimate of drug-likeness (QED) is 0.675. The minimum atomic E-state index is -0.571. The molecule has 134 valence electrons. The van der Waals surface area contributed by atoms with Crippen molar-refractivity contribution in [2.45, 2.75) is 32.4 Å². The molecule has 0 aliphatic heterocycles. The third kappa shape index (κ3) is 6.32. The fraction of sp³-hybridized carbons (Fsp3) is 0.368. The standard InChI is InChI=1S/C19H24N2O3S/c1-14(21-19(23)17-10-6-13-25-17)18(22)20-11-7-12-24-15(2)16-8-4-3-5-9-16/h3-6,8-10,13-15H,7,11-12H2,1-2H3,(H,20,22)(H,21,23). The summed E-state index contributed by atoms with van der Waals surface area (Å²) in [6.07, 6.45) is 0.745. The highest BCUT2D eigenvalue weighted by Gasteiger charge is 2.16. The summed E-state index contributed by atoms with van der Waals surface area (Å²) in [6.45, 7) is 4.76. The van der Waals surface area contributed by atoms with Gasteiger partial charge in [0, 0.05) is 13.2 Å². The molecule has 0 aliphatic rings. The summed E-state index contributed by atoms with van der Waals surface area (Å²) < 4.78 is 5.76. The van der Waals surface area contributed by atoms with E-state index >= 15 is 0 Å². The number of amides is 2. The van der Waals surface area contributed by atoms with Gasteiger partial charge < -0.3 is 15.4 Å². The van der Waals surface area contributed by atoms with Crippen molar-refractivity contribution in [3.8, 4) is 0 Å². The Hall–Kier alpha value is -2.18. The Morgan fingerprint density at radius 1 is 1.12 bits per heavy atom. The first-order valence-electron chi connectivity index (χ1n) is 8.36. The van der Waals surface area contributed by atoms with Gasteiger partial charge in [-0.2, -0.15) is 0 Å². The number of benzene rings is 1. The first-order valence-corrected chi connectivity index (χ1v) is 9.24. The topological polar surface area (TPSA) is 67.4 Å². The predicted octanol–water partition coefficient (Wildman–Crippen LogP) is 3.15. The molecule has 0 aliphatic carbocycles. The van der Waals surface area contributed by atoms with Gasteiger partial charge in [-0.15, -0.1) is 11.3 Å². The second-order valence-electron chi connectivity index (χ2n) is 5.74. The van der Waals surface area contributed by atoms with Gasteiger partial charge in [0.05, 0.1) is 11.0 Å². The summed E-state index contributed by atoms with van der Waals surface area (Å²) in [6, 6.07) is 13.0. The molecule has 1 heterocycles. The molecule has 0 spiro atoms. The number of hydrogen-bond donors (Lipinski definition) is 2. The zero-order valence-corrected chi connectivity index (χ0v) is 15.3. The van der Waals surface area contributed by atoms with Gasteiger partial charge in [-0.25, -0.2) is 0 Å². The summed E-state index contributed by atoms with van der Waals surface area (Å²) in [5.74, 6) is -0.418. The van der Waals surface area contributed by atoms with Crippen LogP contribution in [-0.2, 0) is 9.53 Å². The van der Waals surface area contributed by atoms with Crippen molar-refractivity contribution in [2.24, 2.45) is 0 Å². The van der Waals surface area contributed by atoms with Crippen molar-refractivity contribution >= 4 is 23.2 Å². The van der Waals surface area contributed by atoms with Gasteiger partial charge in [0.25, 0.3) is 5.91 Å². The van der Waals surface area contributed by atoms with Crippen LogP contribution in [0.2, 0.25) is 0 Å². The molecule has 2 rings (SSSR count). The Balaban J connectivity index is 1.61. The van der Waals surface area contributed by atoms with E-state index in [2.05, 4.69) is 10.6 Å². The first-order chi connectivity index (χ1) is 12.1. The van der Waals surface area contributed by atoms with Crippen LogP contribution in [-0.4, -0.2) is 31.0 Å². The molecule has 1 aromatic heterocycles. The second-order valence-corrected chi connectivity index (χ2v) is 6.69. The Labute approximate surface area is 152 Å². The maximum Gasteiger partial charge on any atom is 0.261 e. The summed E-state index contributed by atoms with van der Waals surface area (Å²) in [5.41, 5.74) is 1.14. The number of thiophene rings is 1. The minimum absolute atomic E-state index is 0.0286. The molecule has 0 radical (unpaired) electrons. The minimum Gasteiger partial charge on any atom is -0.374 e. The zero-order valence-electron chi connectivity index (χ0n) is 14.5. The highest BCUT2D eigenvalue weighted by Crippen LogP contribution is 2.15. The zero-order chi connectivity index (χ0) is 18.1. The van der Waals surface area contributed by atoms with Crippen molar-refractivity contribution in [1.29, 1.82) is 0 Å². The molecule has 0 saturated heterocycles. The average Bonchev–Trinajstić information content (AvgIpc) is 3.16. The number of ether oxygens (including phenoxy) is 1. The third-order valence-electron chi connectivity index (χ3n) is 3.74. The molecule has 5 nitrogen and oxygen atoms in total. The molecule has 6 heteroatoms. The Kier molecular flexibility index (Phi) is 7.63. The van der Waals surface area contributed by atoms with E-state index in [-0.39, 0.29) is 17.9 Å². The largest absolute Gasteiger partial charge is 0.374 e. The molecule has 0 bridgehead atoms. The SMILES string of the molecule is CC(NC(=O)c1cccs1)C(=O)NCCCOC(C)c1ccccc1. The molecular weight excluding hydrogens is 336 g/mol. The van der Waals surface area contributed by atoms with Gasteiger partial charge in [-0.3, -0.25) is 9.59 Å². The molecule has 0 saturated carbocycles.